The normalized spacial score (nSPS) is 14.4. The van der Waals surface area contributed by atoms with Crippen molar-refractivity contribution in [3.05, 3.63) is 28.2 Å². The minimum Gasteiger partial charge on any atom is -0.384 e. The number of nitrogen functional groups attached to an aromatic ring is 1. The third-order valence-corrected chi connectivity index (χ3v) is 3.93. The van der Waals surface area contributed by atoms with Crippen LogP contribution in [0.1, 0.15) is 18.4 Å². The Morgan fingerprint density at radius 1 is 1.53 bits per heavy atom. The summed E-state index contributed by atoms with van der Waals surface area (Å²) in [6, 6.07) is 5.71. The Kier molecular flexibility index (Phi) is 4.82. The molecule has 0 bridgehead atoms. The summed E-state index contributed by atoms with van der Waals surface area (Å²) in [7, 11) is 2.04. The smallest absolute Gasteiger partial charge is 0.122 e. The van der Waals surface area contributed by atoms with E-state index in [1.165, 1.54) is 12.8 Å². The number of nitrogens with zero attached hydrogens (tertiary/aromatic N) is 1. The summed E-state index contributed by atoms with van der Waals surface area (Å²) in [6.07, 6.45) is 2.65. The summed E-state index contributed by atoms with van der Waals surface area (Å²) < 4.78 is 6.59. The van der Waals surface area contributed by atoms with Crippen LogP contribution in [-0.4, -0.2) is 32.6 Å². The molecule has 5 heteroatoms. The first-order valence-electron chi connectivity index (χ1n) is 6.50. The summed E-state index contributed by atoms with van der Waals surface area (Å²) in [5.41, 5.74) is 7.28. The molecular weight excluding hydrogens is 306 g/mol. The van der Waals surface area contributed by atoms with E-state index in [9.17, 15) is 0 Å². The Morgan fingerprint density at radius 2 is 2.26 bits per heavy atom. The largest absolute Gasteiger partial charge is 0.384 e. The van der Waals surface area contributed by atoms with Crippen LogP contribution in [0.25, 0.3) is 0 Å². The molecule has 1 aliphatic carbocycles. The van der Waals surface area contributed by atoms with Gasteiger partial charge < -0.3 is 15.4 Å². The van der Waals surface area contributed by atoms with E-state index in [1.54, 1.807) is 0 Å². The maximum Gasteiger partial charge on any atom is 0.122 e. The van der Waals surface area contributed by atoms with Crippen LogP contribution in [0.3, 0.4) is 0 Å². The van der Waals surface area contributed by atoms with Gasteiger partial charge in [0.05, 0.1) is 12.3 Å². The van der Waals surface area contributed by atoms with Gasteiger partial charge in [-0.25, -0.2) is 0 Å². The number of hydrogen-bond acceptors (Lipinski definition) is 3. The lowest BCUT2D eigenvalue weighted by Gasteiger charge is -2.21. The number of anilines is 1. The van der Waals surface area contributed by atoms with Crippen molar-refractivity contribution in [2.45, 2.75) is 12.8 Å². The molecule has 104 valence electrons. The fourth-order valence-electron chi connectivity index (χ4n) is 1.84. The molecule has 2 rings (SSSR count). The van der Waals surface area contributed by atoms with Gasteiger partial charge in [-0.1, -0.05) is 0 Å². The van der Waals surface area contributed by atoms with Gasteiger partial charge >= 0.3 is 0 Å². The topological polar surface area (TPSA) is 62.3 Å². The van der Waals surface area contributed by atoms with Crippen molar-refractivity contribution in [1.82, 2.24) is 0 Å². The second kappa shape index (κ2) is 6.39. The number of ether oxygens (including phenoxy) is 1. The van der Waals surface area contributed by atoms with Crippen LogP contribution in [0.2, 0.25) is 0 Å². The van der Waals surface area contributed by atoms with Crippen LogP contribution in [0, 0.1) is 11.3 Å². The summed E-state index contributed by atoms with van der Waals surface area (Å²) in [4.78, 5) is 2.14. The molecule has 0 heterocycles. The van der Waals surface area contributed by atoms with Crippen LogP contribution in [0.5, 0.6) is 0 Å². The molecule has 0 aromatic heterocycles. The van der Waals surface area contributed by atoms with Gasteiger partial charge in [0.2, 0.25) is 0 Å². The highest BCUT2D eigenvalue weighted by molar-refractivity contribution is 9.10. The van der Waals surface area contributed by atoms with E-state index >= 15 is 0 Å². The number of nitrogens with one attached hydrogen (secondary N) is 1. The van der Waals surface area contributed by atoms with E-state index in [1.807, 2.05) is 25.2 Å². The van der Waals surface area contributed by atoms with Crippen molar-refractivity contribution in [2.24, 2.45) is 11.7 Å². The number of benzene rings is 1. The molecule has 3 N–H and O–H groups in total. The van der Waals surface area contributed by atoms with Crippen LogP contribution in [0.4, 0.5) is 5.69 Å². The van der Waals surface area contributed by atoms with E-state index < -0.39 is 0 Å². The third-order valence-electron chi connectivity index (χ3n) is 3.29. The fraction of sp³-hybridized carbons (Fsp3) is 0.500. The van der Waals surface area contributed by atoms with Gasteiger partial charge in [-0.05, 0) is 52.9 Å². The Labute approximate surface area is 122 Å². The van der Waals surface area contributed by atoms with Crippen molar-refractivity contribution in [3.63, 3.8) is 0 Å². The molecule has 1 fully saturated rings. The maximum atomic E-state index is 7.42. The van der Waals surface area contributed by atoms with Gasteiger partial charge in [-0.15, -0.1) is 0 Å². The number of nitrogens with two attached hydrogens (primary N) is 1. The number of amidine groups is 1. The predicted octanol–water partition coefficient (Wildman–Crippen LogP) is 2.60. The Hall–Kier alpha value is -1.07. The van der Waals surface area contributed by atoms with Crippen LogP contribution in [0.15, 0.2) is 22.7 Å². The highest BCUT2D eigenvalue weighted by Gasteiger charge is 2.21. The van der Waals surface area contributed by atoms with Crippen molar-refractivity contribution >= 4 is 27.5 Å². The zero-order valence-electron chi connectivity index (χ0n) is 11.2. The van der Waals surface area contributed by atoms with Gasteiger partial charge in [0.25, 0.3) is 0 Å². The van der Waals surface area contributed by atoms with Gasteiger partial charge in [-0.3, -0.25) is 5.41 Å². The molecule has 1 aromatic rings. The second-order valence-electron chi connectivity index (χ2n) is 5.02. The van der Waals surface area contributed by atoms with E-state index in [2.05, 4.69) is 20.8 Å². The summed E-state index contributed by atoms with van der Waals surface area (Å²) in [5.74, 6) is 0.898. The average Bonchev–Trinajstić information content (AvgIpc) is 3.18. The van der Waals surface area contributed by atoms with Gasteiger partial charge in [0, 0.05) is 30.2 Å². The van der Waals surface area contributed by atoms with E-state index in [4.69, 9.17) is 15.9 Å². The van der Waals surface area contributed by atoms with E-state index in [-0.39, 0.29) is 5.84 Å². The molecule has 1 saturated carbocycles. The third kappa shape index (κ3) is 4.21. The highest BCUT2D eigenvalue weighted by atomic mass is 79.9. The van der Waals surface area contributed by atoms with Crippen LogP contribution >= 0.6 is 15.9 Å². The van der Waals surface area contributed by atoms with Crippen LogP contribution in [-0.2, 0) is 4.74 Å². The van der Waals surface area contributed by atoms with Crippen molar-refractivity contribution in [2.75, 3.05) is 31.7 Å². The lowest BCUT2D eigenvalue weighted by atomic mass is 10.2. The molecule has 0 aliphatic heterocycles. The SMILES string of the molecule is CN(CCOCC1CC1)c1ccc(C(=N)N)cc1Br. The highest BCUT2D eigenvalue weighted by Crippen LogP contribution is 2.29. The first kappa shape index (κ1) is 14.3. The summed E-state index contributed by atoms with van der Waals surface area (Å²) in [5, 5.41) is 7.42. The first-order valence-corrected chi connectivity index (χ1v) is 7.30. The Balaban J connectivity index is 1.86. The average molecular weight is 326 g/mol. The lowest BCUT2D eigenvalue weighted by molar-refractivity contribution is 0.131. The zero-order valence-corrected chi connectivity index (χ0v) is 12.7. The van der Waals surface area contributed by atoms with Crippen molar-refractivity contribution < 1.29 is 4.74 Å². The zero-order chi connectivity index (χ0) is 13.8. The quantitative estimate of drug-likeness (QED) is 0.460. The number of halogens is 1. The standard InChI is InChI=1S/C14H20BrN3O/c1-18(6-7-19-9-10-2-3-10)13-5-4-11(14(16)17)8-12(13)15/h4-5,8,10H,2-3,6-7,9H2,1H3,(H3,16,17). The molecule has 0 saturated heterocycles. The molecule has 0 atom stereocenters. The van der Waals surface area contributed by atoms with Gasteiger partial charge in [0.1, 0.15) is 5.84 Å². The predicted molar refractivity (Wildman–Crippen MR) is 82.0 cm³/mol. The Bertz CT molecular complexity index is 460. The maximum absolute atomic E-state index is 7.42. The number of rotatable bonds is 7. The monoisotopic (exact) mass is 325 g/mol. The fourth-order valence-corrected chi connectivity index (χ4v) is 2.52. The van der Waals surface area contributed by atoms with E-state index in [0.29, 0.717) is 0 Å². The van der Waals surface area contributed by atoms with Gasteiger partial charge in [0.15, 0.2) is 0 Å². The minimum atomic E-state index is 0.0858. The minimum absolute atomic E-state index is 0.0858. The molecule has 1 aliphatic rings. The first-order chi connectivity index (χ1) is 9.08. The molecule has 19 heavy (non-hydrogen) atoms. The second-order valence-corrected chi connectivity index (χ2v) is 5.87. The van der Waals surface area contributed by atoms with Crippen LogP contribution < -0.4 is 10.6 Å². The molecule has 0 spiro atoms. The van der Waals surface area contributed by atoms with Crippen molar-refractivity contribution in [1.29, 1.82) is 5.41 Å². The van der Waals surface area contributed by atoms with Gasteiger partial charge in [-0.2, -0.15) is 0 Å². The molecule has 0 radical (unpaired) electrons. The Morgan fingerprint density at radius 3 is 2.84 bits per heavy atom. The lowest BCUT2D eigenvalue weighted by Crippen LogP contribution is -2.23. The molecule has 0 unspecified atom stereocenters. The summed E-state index contributed by atoms with van der Waals surface area (Å²) >= 11 is 3.52. The number of likely N-dealkylation sites (N-methyl/N-ethyl adjacent to an activating group) is 1. The molecule has 1 aromatic carbocycles. The molecular formula is C14H20BrN3O. The molecule has 0 amide bonds. The van der Waals surface area contributed by atoms with Crippen molar-refractivity contribution in [3.8, 4) is 0 Å². The number of hydrogen-bond donors (Lipinski definition) is 2. The van der Waals surface area contributed by atoms with E-state index in [0.717, 1.165) is 41.4 Å². The summed E-state index contributed by atoms with van der Waals surface area (Å²) in [6.45, 7) is 2.50. The molecule has 4 nitrogen and oxygen atoms in total.